The van der Waals surface area contributed by atoms with Crippen molar-refractivity contribution in [3.8, 4) is 0 Å². The number of carbonyl (C=O) groups is 2. The van der Waals surface area contributed by atoms with E-state index in [0.717, 1.165) is 6.42 Å². The molecular formula is C20H30N2O3. The average molecular weight is 346 g/mol. The van der Waals surface area contributed by atoms with E-state index in [9.17, 15) is 9.59 Å². The Bertz CT molecular complexity index is 588. The Kier molecular flexibility index (Phi) is 7.44. The highest BCUT2D eigenvalue weighted by Gasteiger charge is 2.21. The fourth-order valence-electron chi connectivity index (χ4n) is 3.16. The van der Waals surface area contributed by atoms with E-state index < -0.39 is 0 Å². The first-order chi connectivity index (χ1) is 12.0. The lowest BCUT2D eigenvalue weighted by Crippen LogP contribution is -2.32. The molecule has 2 amide bonds. The lowest BCUT2D eigenvalue weighted by Gasteiger charge is -2.28. The molecule has 0 aliphatic heterocycles. The maximum atomic E-state index is 12.3. The van der Waals surface area contributed by atoms with Gasteiger partial charge in [0.25, 0.3) is 11.8 Å². The summed E-state index contributed by atoms with van der Waals surface area (Å²) in [6.07, 6.45) is 5.18. The first-order valence-corrected chi connectivity index (χ1v) is 9.28. The Balaban J connectivity index is 1.81. The van der Waals surface area contributed by atoms with Crippen molar-refractivity contribution in [1.29, 1.82) is 0 Å². The second kappa shape index (κ2) is 9.56. The van der Waals surface area contributed by atoms with Crippen LogP contribution in [0.5, 0.6) is 0 Å². The molecule has 0 radical (unpaired) electrons. The molecule has 5 heteroatoms. The molecule has 138 valence electrons. The molecular weight excluding hydrogens is 316 g/mol. The molecule has 25 heavy (non-hydrogen) atoms. The van der Waals surface area contributed by atoms with Gasteiger partial charge in [-0.15, -0.1) is 0 Å². The van der Waals surface area contributed by atoms with Crippen LogP contribution < -0.4 is 5.32 Å². The van der Waals surface area contributed by atoms with Crippen molar-refractivity contribution in [2.24, 2.45) is 5.92 Å². The van der Waals surface area contributed by atoms with Crippen LogP contribution in [0.15, 0.2) is 24.3 Å². The van der Waals surface area contributed by atoms with Crippen molar-refractivity contribution in [2.75, 3.05) is 26.7 Å². The van der Waals surface area contributed by atoms with Crippen LogP contribution in [-0.4, -0.2) is 49.6 Å². The molecule has 0 heterocycles. The van der Waals surface area contributed by atoms with Gasteiger partial charge in [0.15, 0.2) is 0 Å². The zero-order valence-corrected chi connectivity index (χ0v) is 15.6. The number of nitrogens with one attached hydrogen (secondary N) is 1. The van der Waals surface area contributed by atoms with Gasteiger partial charge in [-0.2, -0.15) is 0 Å². The largest absolute Gasteiger partial charge is 0.376 e. The summed E-state index contributed by atoms with van der Waals surface area (Å²) in [6.45, 7) is 5.79. The molecule has 0 spiro atoms. The van der Waals surface area contributed by atoms with E-state index in [1.807, 2.05) is 6.92 Å². The molecule has 1 fully saturated rings. The zero-order valence-electron chi connectivity index (χ0n) is 15.6. The Morgan fingerprint density at radius 2 is 1.96 bits per heavy atom. The monoisotopic (exact) mass is 346 g/mol. The van der Waals surface area contributed by atoms with E-state index in [-0.39, 0.29) is 11.8 Å². The zero-order chi connectivity index (χ0) is 18.2. The lowest BCUT2D eigenvalue weighted by molar-refractivity contribution is -0.00293. The van der Waals surface area contributed by atoms with Gasteiger partial charge in [-0.3, -0.25) is 9.59 Å². The molecule has 0 aromatic heterocycles. The van der Waals surface area contributed by atoms with E-state index in [1.165, 1.54) is 19.3 Å². The molecule has 5 nitrogen and oxygen atoms in total. The highest BCUT2D eigenvalue weighted by Crippen LogP contribution is 2.25. The van der Waals surface area contributed by atoms with Gasteiger partial charge in [0.2, 0.25) is 0 Å². The van der Waals surface area contributed by atoms with E-state index >= 15 is 0 Å². The summed E-state index contributed by atoms with van der Waals surface area (Å²) >= 11 is 0. The van der Waals surface area contributed by atoms with Gasteiger partial charge < -0.3 is 15.0 Å². The van der Waals surface area contributed by atoms with Gasteiger partial charge in [-0.25, -0.2) is 0 Å². The summed E-state index contributed by atoms with van der Waals surface area (Å²) in [6, 6.07) is 6.85. The van der Waals surface area contributed by atoms with Crippen LogP contribution in [0.25, 0.3) is 0 Å². The molecule has 1 aliphatic carbocycles. The van der Waals surface area contributed by atoms with Gasteiger partial charge in [-0.1, -0.05) is 25.8 Å². The number of carbonyl (C=O) groups excluding carboxylic acids is 2. The van der Waals surface area contributed by atoms with Crippen LogP contribution in [0, 0.1) is 5.92 Å². The maximum absolute atomic E-state index is 12.3. The van der Waals surface area contributed by atoms with Crippen LogP contribution in [0.2, 0.25) is 0 Å². The number of ether oxygens (including phenoxy) is 1. The number of benzene rings is 1. The molecule has 1 aromatic carbocycles. The van der Waals surface area contributed by atoms with Crippen LogP contribution in [0.4, 0.5) is 0 Å². The Hall–Kier alpha value is -1.88. The summed E-state index contributed by atoms with van der Waals surface area (Å²) in [7, 11) is 1.75. The van der Waals surface area contributed by atoms with E-state index in [1.54, 1.807) is 36.2 Å². The van der Waals surface area contributed by atoms with E-state index in [4.69, 9.17) is 4.74 Å². The summed E-state index contributed by atoms with van der Waals surface area (Å²) < 4.78 is 5.91. The van der Waals surface area contributed by atoms with Crippen LogP contribution in [0.3, 0.4) is 0 Å². The summed E-state index contributed by atoms with van der Waals surface area (Å²) in [5, 5.41) is 2.87. The third kappa shape index (κ3) is 5.56. The van der Waals surface area contributed by atoms with Crippen molar-refractivity contribution < 1.29 is 14.3 Å². The third-order valence-corrected chi connectivity index (χ3v) is 4.95. The number of amides is 2. The predicted molar refractivity (Wildman–Crippen MR) is 98.8 cm³/mol. The lowest BCUT2D eigenvalue weighted by atomic mass is 9.88. The number of hydrogen-bond acceptors (Lipinski definition) is 3. The predicted octanol–water partition coefficient (Wildman–Crippen LogP) is 3.10. The van der Waals surface area contributed by atoms with Gasteiger partial charge in [0.1, 0.15) is 0 Å². The second-order valence-electron chi connectivity index (χ2n) is 6.83. The Morgan fingerprint density at radius 1 is 1.24 bits per heavy atom. The maximum Gasteiger partial charge on any atom is 0.253 e. The van der Waals surface area contributed by atoms with E-state index in [0.29, 0.717) is 42.8 Å². The first-order valence-electron chi connectivity index (χ1n) is 9.28. The van der Waals surface area contributed by atoms with Crippen molar-refractivity contribution in [2.45, 2.75) is 45.6 Å². The van der Waals surface area contributed by atoms with E-state index in [2.05, 4.69) is 12.2 Å². The quantitative estimate of drug-likeness (QED) is 0.772. The SMILES string of the molecule is CCN(C)C(=O)c1cccc(C(=O)NCCO[C@H]2CCCC[C@@H]2C)c1. The molecule has 0 saturated heterocycles. The molecule has 1 aliphatic rings. The average Bonchev–Trinajstić information content (AvgIpc) is 2.65. The summed E-state index contributed by atoms with van der Waals surface area (Å²) in [5.74, 6) is 0.351. The smallest absolute Gasteiger partial charge is 0.253 e. The van der Waals surface area contributed by atoms with Crippen LogP contribution in [0.1, 0.15) is 60.2 Å². The molecule has 0 unspecified atom stereocenters. The summed E-state index contributed by atoms with van der Waals surface area (Å²) in [5.41, 5.74) is 1.03. The van der Waals surface area contributed by atoms with Crippen LogP contribution in [-0.2, 0) is 4.74 Å². The number of nitrogens with zero attached hydrogens (tertiary/aromatic N) is 1. The Morgan fingerprint density at radius 3 is 2.68 bits per heavy atom. The number of rotatable bonds is 7. The molecule has 1 aromatic rings. The molecule has 1 N–H and O–H groups in total. The van der Waals surface area contributed by atoms with Gasteiger partial charge in [-0.05, 0) is 43.9 Å². The second-order valence-corrected chi connectivity index (χ2v) is 6.83. The third-order valence-electron chi connectivity index (χ3n) is 4.95. The first kappa shape index (κ1) is 19.4. The normalized spacial score (nSPS) is 20.1. The van der Waals surface area contributed by atoms with Crippen molar-refractivity contribution in [3.05, 3.63) is 35.4 Å². The minimum atomic E-state index is -0.172. The van der Waals surface area contributed by atoms with Gasteiger partial charge in [0.05, 0.1) is 12.7 Å². The molecule has 2 rings (SSSR count). The molecule has 0 bridgehead atoms. The minimum absolute atomic E-state index is 0.0771. The Labute approximate surface area is 150 Å². The number of hydrogen-bond donors (Lipinski definition) is 1. The topological polar surface area (TPSA) is 58.6 Å². The standard InChI is InChI=1S/C20H30N2O3/c1-4-22(3)20(24)17-10-7-9-16(14-17)19(23)21-12-13-25-18-11-6-5-8-15(18)2/h7,9-10,14-15,18H,4-6,8,11-13H2,1-3H3,(H,21,23)/t15-,18-/m0/s1. The fourth-order valence-corrected chi connectivity index (χ4v) is 3.16. The highest BCUT2D eigenvalue weighted by molar-refractivity contribution is 5.99. The molecule has 1 saturated carbocycles. The summed E-state index contributed by atoms with van der Waals surface area (Å²) in [4.78, 5) is 26.1. The van der Waals surface area contributed by atoms with Crippen LogP contribution >= 0.6 is 0 Å². The highest BCUT2D eigenvalue weighted by atomic mass is 16.5. The fraction of sp³-hybridized carbons (Fsp3) is 0.600. The van der Waals surface area contributed by atoms with Crippen molar-refractivity contribution in [3.63, 3.8) is 0 Å². The molecule has 2 atom stereocenters. The van der Waals surface area contributed by atoms with Crippen molar-refractivity contribution >= 4 is 11.8 Å². The van der Waals surface area contributed by atoms with Gasteiger partial charge in [0, 0.05) is 31.3 Å². The minimum Gasteiger partial charge on any atom is -0.376 e. The van der Waals surface area contributed by atoms with Gasteiger partial charge >= 0.3 is 0 Å². The van der Waals surface area contributed by atoms with Crippen molar-refractivity contribution in [1.82, 2.24) is 10.2 Å².